The number of fused-ring (bicyclic) bond motifs is 4. The van der Waals surface area contributed by atoms with Crippen molar-refractivity contribution in [2.45, 2.75) is 44.8 Å². The third-order valence-corrected chi connectivity index (χ3v) is 6.97. The van der Waals surface area contributed by atoms with Crippen LogP contribution in [0.1, 0.15) is 36.6 Å². The smallest absolute Gasteiger partial charge is 0.340 e. The highest BCUT2D eigenvalue weighted by Gasteiger charge is 2.62. The van der Waals surface area contributed by atoms with Gasteiger partial charge in [-0.3, -0.25) is 9.59 Å². The molecule has 2 atom stereocenters. The van der Waals surface area contributed by atoms with Gasteiger partial charge in [-0.05, 0) is 32.8 Å². The van der Waals surface area contributed by atoms with E-state index in [2.05, 4.69) is 0 Å². The molecule has 1 aromatic carbocycles. The number of para-hydroxylation sites is 1. The lowest BCUT2D eigenvalue weighted by molar-refractivity contribution is -0.138. The number of amides is 1. The van der Waals surface area contributed by atoms with Crippen LogP contribution in [0.4, 0.5) is 5.69 Å². The lowest BCUT2D eigenvalue weighted by Crippen LogP contribution is -2.52. The number of benzene rings is 1. The van der Waals surface area contributed by atoms with Crippen molar-refractivity contribution in [1.29, 1.82) is 0 Å². The molecule has 2 N–H and O–H groups in total. The fraction of sp³-hybridized carbons (Fsp3) is 0.400. The van der Waals surface area contributed by atoms with Crippen molar-refractivity contribution in [2.75, 3.05) is 25.2 Å². The first-order valence-electron chi connectivity index (χ1n) is 11.4. The highest BCUT2D eigenvalue weighted by atomic mass is 16.5. The summed E-state index contributed by atoms with van der Waals surface area (Å²) in [5.41, 5.74) is 5.71. The van der Waals surface area contributed by atoms with Crippen molar-refractivity contribution in [3.63, 3.8) is 0 Å². The molecular formula is C25H27N3O6. The number of esters is 1. The molecule has 0 unspecified atom stereocenters. The topological polar surface area (TPSA) is 113 Å². The molecule has 1 saturated heterocycles. The molecule has 1 amide bonds. The Morgan fingerprint density at radius 2 is 2.06 bits per heavy atom. The van der Waals surface area contributed by atoms with Crippen molar-refractivity contribution in [2.24, 2.45) is 5.73 Å². The molecule has 178 valence electrons. The number of anilines is 1. The van der Waals surface area contributed by atoms with Crippen molar-refractivity contribution in [3.05, 3.63) is 69.0 Å². The Morgan fingerprint density at radius 1 is 1.29 bits per heavy atom. The van der Waals surface area contributed by atoms with Gasteiger partial charge in [0, 0.05) is 36.2 Å². The Kier molecular flexibility index (Phi) is 5.24. The lowest BCUT2D eigenvalue weighted by atomic mass is 9.68. The maximum Gasteiger partial charge on any atom is 0.340 e. The van der Waals surface area contributed by atoms with Gasteiger partial charge in [-0.25, -0.2) is 4.79 Å². The number of nitrogens with zero attached hydrogens (tertiary/aromatic N) is 2. The molecule has 0 aliphatic carbocycles. The highest BCUT2D eigenvalue weighted by Crippen LogP contribution is 2.54. The van der Waals surface area contributed by atoms with Gasteiger partial charge >= 0.3 is 5.97 Å². The molecule has 0 radical (unpaired) electrons. The molecule has 0 bridgehead atoms. The maximum atomic E-state index is 14.2. The molecular weight excluding hydrogens is 438 g/mol. The third-order valence-electron chi connectivity index (χ3n) is 6.97. The monoisotopic (exact) mass is 465 g/mol. The van der Waals surface area contributed by atoms with Crippen LogP contribution in [-0.4, -0.2) is 42.8 Å². The van der Waals surface area contributed by atoms with Gasteiger partial charge in [-0.2, -0.15) is 0 Å². The van der Waals surface area contributed by atoms with Gasteiger partial charge < -0.3 is 29.4 Å². The van der Waals surface area contributed by atoms with Crippen LogP contribution < -0.4 is 20.9 Å². The first-order valence-corrected chi connectivity index (χ1v) is 11.4. The number of aromatic nitrogens is 1. The van der Waals surface area contributed by atoms with Crippen molar-refractivity contribution >= 4 is 17.6 Å². The van der Waals surface area contributed by atoms with Crippen LogP contribution in [0.25, 0.3) is 0 Å². The summed E-state index contributed by atoms with van der Waals surface area (Å²) in [5.74, 6) is -1.35. The zero-order valence-electron chi connectivity index (χ0n) is 19.4. The zero-order chi connectivity index (χ0) is 24.2. The van der Waals surface area contributed by atoms with E-state index in [4.69, 9.17) is 19.9 Å². The summed E-state index contributed by atoms with van der Waals surface area (Å²) in [7, 11) is 1.21. The average Bonchev–Trinajstić information content (AvgIpc) is 3.41. The second-order valence-corrected chi connectivity index (χ2v) is 8.73. The van der Waals surface area contributed by atoms with Crippen LogP contribution in [0.15, 0.2) is 46.6 Å². The number of hydrogen-bond acceptors (Lipinski definition) is 7. The molecule has 3 aliphatic rings. The van der Waals surface area contributed by atoms with Crippen molar-refractivity contribution < 1.29 is 23.8 Å². The average molecular weight is 466 g/mol. The predicted octanol–water partition coefficient (Wildman–Crippen LogP) is 1.72. The number of methoxy groups -OCH3 is 1. The molecule has 9 heteroatoms. The fourth-order valence-electron chi connectivity index (χ4n) is 5.47. The van der Waals surface area contributed by atoms with Crippen LogP contribution in [0.2, 0.25) is 0 Å². The molecule has 1 spiro atoms. The quantitative estimate of drug-likeness (QED) is 0.684. The molecule has 2 aromatic rings. The van der Waals surface area contributed by atoms with E-state index in [1.165, 1.54) is 7.11 Å². The summed E-state index contributed by atoms with van der Waals surface area (Å²) < 4.78 is 18.2. The van der Waals surface area contributed by atoms with E-state index in [0.29, 0.717) is 36.6 Å². The normalized spacial score (nSPS) is 23.2. The molecule has 5 rings (SSSR count). The van der Waals surface area contributed by atoms with Crippen LogP contribution in [0.3, 0.4) is 0 Å². The van der Waals surface area contributed by atoms with Crippen molar-refractivity contribution in [1.82, 2.24) is 4.57 Å². The van der Waals surface area contributed by atoms with E-state index in [1.54, 1.807) is 40.7 Å². The first-order chi connectivity index (χ1) is 16.4. The van der Waals surface area contributed by atoms with Gasteiger partial charge in [0.25, 0.3) is 5.56 Å². The Labute approximate surface area is 196 Å². The van der Waals surface area contributed by atoms with Gasteiger partial charge in [0.2, 0.25) is 11.8 Å². The number of rotatable bonds is 4. The second-order valence-electron chi connectivity index (χ2n) is 8.73. The minimum Gasteiger partial charge on any atom is -0.465 e. The number of likely N-dealkylation sites (N-methyl/N-ethyl adjacent to an activating group) is 1. The third kappa shape index (κ3) is 2.86. The number of hydrogen-bond donors (Lipinski definition) is 1. The SMILES string of the molecule is CCN1C(=O)[C@@]2(C(C(=O)OC)=C(N)Oc3cc(C)n(C[C@@H]4CCCO4)c(=O)c32)c2ccccc21. The zero-order valence-corrected chi connectivity index (χ0v) is 19.4. The van der Waals surface area contributed by atoms with Gasteiger partial charge in [-0.15, -0.1) is 0 Å². The highest BCUT2D eigenvalue weighted by molar-refractivity contribution is 6.18. The van der Waals surface area contributed by atoms with E-state index in [0.717, 1.165) is 12.8 Å². The summed E-state index contributed by atoms with van der Waals surface area (Å²) in [6.07, 6.45) is 1.67. The predicted molar refractivity (Wildman–Crippen MR) is 124 cm³/mol. The molecule has 9 nitrogen and oxygen atoms in total. The molecule has 0 saturated carbocycles. The second kappa shape index (κ2) is 8.02. The molecule has 1 fully saturated rings. The number of ether oxygens (including phenoxy) is 3. The summed E-state index contributed by atoms with van der Waals surface area (Å²) >= 11 is 0. The van der Waals surface area contributed by atoms with Crippen molar-refractivity contribution in [3.8, 4) is 5.75 Å². The Bertz CT molecular complexity index is 1290. The van der Waals surface area contributed by atoms with Crippen LogP contribution in [0.5, 0.6) is 5.75 Å². The van der Waals surface area contributed by atoms with Crippen LogP contribution >= 0.6 is 0 Å². The fourth-order valence-corrected chi connectivity index (χ4v) is 5.47. The standard InChI is InChI=1S/C25H27N3O6/c1-4-27-17-10-6-5-9-16(17)25(24(27)31)19-18(34-21(26)20(25)23(30)32-3)12-14(2)28(22(19)29)13-15-8-7-11-33-15/h5-6,9-10,12,15H,4,7-8,11,13,26H2,1-3H3/t15-,25-/m0/s1. The minimum absolute atomic E-state index is 0.0686. The van der Waals surface area contributed by atoms with Gasteiger partial charge in [0.1, 0.15) is 16.7 Å². The van der Waals surface area contributed by atoms with E-state index in [-0.39, 0.29) is 28.9 Å². The number of carbonyl (C=O) groups is 2. The van der Waals surface area contributed by atoms with Crippen LogP contribution in [0, 0.1) is 6.92 Å². The summed E-state index contributed by atoms with van der Waals surface area (Å²) in [4.78, 5) is 43.0. The summed E-state index contributed by atoms with van der Waals surface area (Å²) in [6, 6.07) is 8.82. The van der Waals surface area contributed by atoms with E-state index >= 15 is 0 Å². The van der Waals surface area contributed by atoms with E-state index in [9.17, 15) is 14.4 Å². The largest absolute Gasteiger partial charge is 0.465 e. The van der Waals surface area contributed by atoms with Gasteiger partial charge in [-0.1, -0.05) is 18.2 Å². The molecule has 1 aromatic heterocycles. The molecule has 3 aliphatic heterocycles. The Balaban J connectivity index is 1.86. The summed E-state index contributed by atoms with van der Waals surface area (Å²) in [6.45, 7) is 4.97. The minimum atomic E-state index is -1.78. The van der Waals surface area contributed by atoms with Gasteiger partial charge in [0.15, 0.2) is 0 Å². The maximum absolute atomic E-state index is 14.2. The van der Waals surface area contributed by atoms with E-state index in [1.807, 2.05) is 13.0 Å². The number of pyridine rings is 1. The molecule has 34 heavy (non-hydrogen) atoms. The number of aryl methyl sites for hydroxylation is 1. The Morgan fingerprint density at radius 3 is 2.74 bits per heavy atom. The van der Waals surface area contributed by atoms with E-state index < -0.39 is 22.9 Å². The van der Waals surface area contributed by atoms with Crippen LogP contribution in [-0.2, 0) is 31.0 Å². The first kappa shape index (κ1) is 22.2. The number of nitrogens with two attached hydrogens (primary N) is 1. The summed E-state index contributed by atoms with van der Waals surface area (Å²) in [5, 5.41) is 0. The van der Waals surface area contributed by atoms with Gasteiger partial charge in [0.05, 0.1) is 25.3 Å². The lowest BCUT2D eigenvalue weighted by Gasteiger charge is -2.36. The number of carbonyl (C=O) groups excluding carboxylic acids is 2. The molecule has 4 heterocycles. The Hall–Kier alpha value is -3.59.